The van der Waals surface area contributed by atoms with Crippen molar-refractivity contribution in [2.45, 2.75) is 0 Å². The number of rotatable bonds is 4. The standard InChI is InChI=1S/C21H19ClN6O3/c1-26(2)20(29)12-4-5-16(15(22)6-12)25-19-8-18-13(9-23-19)7-17(28(18)21(30)31)14-10-24-27(3)11-14/h4-11H,1-3H3,(H,23,25)(H,30,31). The van der Waals surface area contributed by atoms with E-state index in [1.807, 2.05) is 0 Å². The molecule has 0 aliphatic carbocycles. The topological polar surface area (TPSA) is 105 Å². The van der Waals surface area contributed by atoms with Gasteiger partial charge in [0.05, 0.1) is 28.1 Å². The molecule has 0 atom stereocenters. The van der Waals surface area contributed by atoms with Crippen LogP contribution in [0.3, 0.4) is 0 Å². The summed E-state index contributed by atoms with van der Waals surface area (Å²) in [6.07, 6.45) is 3.83. The van der Waals surface area contributed by atoms with E-state index in [0.717, 1.165) is 0 Å². The smallest absolute Gasteiger partial charge is 0.416 e. The van der Waals surface area contributed by atoms with Crippen molar-refractivity contribution < 1.29 is 14.7 Å². The molecular weight excluding hydrogens is 420 g/mol. The van der Waals surface area contributed by atoms with Crippen molar-refractivity contribution in [3.05, 3.63) is 59.5 Å². The van der Waals surface area contributed by atoms with Gasteiger partial charge >= 0.3 is 6.09 Å². The van der Waals surface area contributed by atoms with Crippen LogP contribution in [0, 0.1) is 0 Å². The zero-order valence-electron chi connectivity index (χ0n) is 17.0. The maximum absolute atomic E-state index is 12.1. The molecule has 31 heavy (non-hydrogen) atoms. The minimum absolute atomic E-state index is 0.157. The lowest BCUT2D eigenvalue weighted by atomic mass is 10.2. The molecule has 4 rings (SSSR count). The van der Waals surface area contributed by atoms with E-state index in [0.29, 0.717) is 44.3 Å². The Balaban J connectivity index is 1.72. The van der Waals surface area contributed by atoms with Gasteiger partial charge in [-0.2, -0.15) is 5.10 Å². The molecule has 4 aromatic rings. The van der Waals surface area contributed by atoms with Crippen LogP contribution in [0.1, 0.15) is 10.4 Å². The van der Waals surface area contributed by atoms with Crippen molar-refractivity contribution in [2.75, 3.05) is 19.4 Å². The summed E-state index contributed by atoms with van der Waals surface area (Å²) >= 11 is 6.34. The van der Waals surface area contributed by atoms with Crippen LogP contribution in [0.15, 0.2) is 48.9 Å². The van der Waals surface area contributed by atoms with E-state index in [-0.39, 0.29) is 5.91 Å². The Hall–Kier alpha value is -3.85. The van der Waals surface area contributed by atoms with E-state index in [1.165, 1.54) is 9.47 Å². The number of nitrogens with zero attached hydrogens (tertiary/aromatic N) is 5. The maximum Gasteiger partial charge on any atom is 0.416 e. The van der Waals surface area contributed by atoms with Crippen molar-refractivity contribution in [1.29, 1.82) is 0 Å². The summed E-state index contributed by atoms with van der Waals surface area (Å²) in [5.41, 5.74) is 2.66. The summed E-state index contributed by atoms with van der Waals surface area (Å²) in [6, 6.07) is 8.31. The zero-order valence-corrected chi connectivity index (χ0v) is 17.8. The fourth-order valence-corrected chi connectivity index (χ4v) is 3.52. The third-order valence-corrected chi connectivity index (χ3v) is 5.08. The first-order valence-electron chi connectivity index (χ1n) is 9.26. The molecule has 0 radical (unpaired) electrons. The summed E-state index contributed by atoms with van der Waals surface area (Å²) in [7, 11) is 5.10. The summed E-state index contributed by atoms with van der Waals surface area (Å²) in [5, 5.41) is 18.0. The SMILES string of the molecule is CN(C)C(=O)c1ccc(Nc2cc3c(cn2)cc(-c2cnn(C)c2)n3C(=O)O)c(Cl)c1. The van der Waals surface area contributed by atoms with Gasteiger partial charge in [-0.05, 0) is 24.3 Å². The normalized spacial score (nSPS) is 11.0. The van der Waals surface area contributed by atoms with Gasteiger partial charge in [0.1, 0.15) is 5.82 Å². The quantitative estimate of drug-likeness (QED) is 0.497. The second-order valence-corrected chi connectivity index (χ2v) is 7.61. The van der Waals surface area contributed by atoms with Crippen LogP contribution >= 0.6 is 11.6 Å². The summed E-state index contributed by atoms with van der Waals surface area (Å²) in [6.45, 7) is 0. The molecule has 158 valence electrons. The fraction of sp³-hybridized carbons (Fsp3) is 0.143. The van der Waals surface area contributed by atoms with Crippen LogP contribution in [0.5, 0.6) is 0 Å². The number of pyridine rings is 1. The van der Waals surface area contributed by atoms with Gasteiger partial charge in [0, 0.05) is 56.1 Å². The molecule has 0 saturated carbocycles. The van der Waals surface area contributed by atoms with Crippen LogP contribution in [0.25, 0.3) is 22.2 Å². The van der Waals surface area contributed by atoms with Gasteiger partial charge in [-0.3, -0.25) is 9.48 Å². The van der Waals surface area contributed by atoms with Gasteiger partial charge in [0.2, 0.25) is 0 Å². The Bertz CT molecular complexity index is 1320. The first-order valence-corrected chi connectivity index (χ1v) is 9.64. The minimum atomic E-state index is -1.12. The van der Waals surface area contributed by atoms with Crippen LogP contribution in [-0.4, -0.2) is 55.4 Å². The Morgan fingerprint density at radius 1 is 1.16 bits per heavy atom. The first kappa shape index (κ1) is 20.4. The number of aryl methyl sites for hydroxylation is 1. The number of hydrogen-bond donors (Lipinski definition) is 2. The lowest BCUT2D eigenvalue weighted by Gasteiger charge is -2.13. The molecule has 9 nitrogen and oxygen atoms in total. The number of carbonyl (C=O) groups is 2. The predicted octanol–water partition coefficient (Wildman–Crippen LogP) is 4.06. The molecular formula is C21H19ClN6O3. The number of fused-ring (bicyclic) bond motifs is 1. The number of nitrogens with one attached hydrogen (secondary N) is 1. The Morgan fingerprint density at radius 2 is 1.94 bits per heavy atom. The summed E-state index contributed by atoms with van der Waals surface area (Å²) < 4.78 is 2.80. The number of amides is 1. The third kappa shape index (κ3) is 3.82. The molecule has 1 aromatic carbocycles. The predicted molar refractivity (Wildman–Crippen MR) is 118 cm³/mol. The van der Waals surface area contributed by atoms with E-state index < -0.39 is 6.09 Å². The van der Waals surface area contributed by atoms with Crippen molar-refractivity contribution in [3.63, 3.8) is 0 Å². The molecule has 2 N–H and O–H groups in total. The van der Waals surface area contributed by atoms with Crippen LogP contribution in [0.2, 0.25) is 5.02 Å². The van der Waals surface area contributed by atoms with Gasteiger partial charge in [-0.25, -0.2) is 14.3 Å². The molecule has 0 aliphatic heterocycles. The number of anilines is 2. The van der Waals surface area contributed by atoms with Crippen molar-refractivity contribution >= 4 is 46.0 Å². The molecule has 1 amide bonds. The number of benzene rings is 1. The van der Waals surface area contributed by atoms with Crippen LogP contribution in [0.4, 0.5) is 16.3 Å². The molecule has 3 aromatic heterocycles. The number of carbonyl (C=O) groups excluding carboxylic acids is 1. The average molecular weight is 439 g/mol. The second-order valence-electron chi connectivity index (χ2n) is 7.20. The van der Waals surface area contributed by atoms with Crippen LogP contribution < -0.4 is 5.32 Å². The highest BCUT2D eigenvalue weighted by Gasteiger charge is 2.18. The summed E-state index contributed by atoms with van der Waals surface area (Å²) in [4.78, 5) is 29.9. The van der Waals surface area contributed by atoms with E-state index in [4.69, 9.17) is 11.6 Å². The molecule has 10 heteroatoms. The van der Waals surface area contributed by atoms with Crippen molar-refractivity contribution in [3.8, 4) is 11.3 Å². The Morgan fingerprint density at radius 3 is 2.55 bits per heavy atom. The van der Waals surface area contributed by atoms with E-state index in [9.17, 15) is 14.7 Å². The van der Waals surface area contributed by atoms with Gasteiger partial charge in [0.25, 0.3) is 5.91 Å². The highest BCUT2D eigenvalue weighted by Crippen LogP contribution is 2.31. The van der Waals surface area contributed by atoms with Crippen molar-refractivity contribution in [2.24, 2.45) is 7.05 Å². The molecule has 0 bridgehead atoms. The Labute approximate surface area is 182 Å². The maximum atomic E-state index is 12.1. The van der Waals surface area contributed by atoms with Gasteiger partial charge in [-0.15, -0.1) is 0 Å². The summed E-state index contributed by atoms with van der Waals surface area (Å²) in [5.74, 6) is 0.259. The Kier molecular flexibility index (Phi) is 5.12. The first-order chi connectivity index (χ1) is 14.7. The third-order valence-electron chi connectivity index (χ3n) is 4.76. The number of carboxylic acid groups (broad SMARTS) is 1. The second kappa shape index (κ2) is 7.77. The highest BCUT2D eigenvalue weighted by molar-refractivity contribution is 6.33. The van der Waals surface area contributed by atoms with Crippen LogP contribution in [-0.2, 0) is 7.05 Å². The van der Waals surface area contributed by atoms with E-state index in [1.54, 1.807) is 74.7 Å². The lowest BCUT2D eigenvalue weighted by Crippen LogP contribution is -2.21. The van der Waals surface area contributed by atoms with E-state index >= 15 is 0 Å². The molecule has 0 saturated heterocycles. The van der Waals surface area contributed by atoms with Gasteiger partial charge in [0.15, 0.2) is 0 Å². The zero-order chi connectivity index (χ0) is 22.3. The number of hydrogen-bond acceptors (Lipinski definition) is 5. The number of halogens is 1. The molecule has 3 heterocycles. The average Bonchev–Trinajstić information content (AvgIpc) is 3.31. The number of aromatic nitrogens is 4. The monoisotopic (exact) mass is 438 g/mol. The fourth-order valence-electron chi connectivity index (χ4n) is 3.29. The van der Waals surface area contributed by atoms with Crippen molar-refractivity contribution in [1.82, 2.24) is 24.2 Å². The molecule has 0 unspecified atom stereocenters. The van der Waals surface area contributed by atoms with E-state index in [2.05, 4.69) is 15.4 Å². The minimum Gasteiger partial charge on any atom is -0.464 e. The van der Waals surface area contributed by atoms with Gasteiger partial charge in [-0.1, -0.05) is 11.6 Å². The highest BCUT2D eigenvalue weighted by atomic mass is 35.5. The molecule has 0 spiro atoms. The molecule has 0 aliphatic rings. The largest absolute Gasteiger partial charge is 0.464 e. The molecule has 0 fully saturated rings. The lowest BCUT2D eigenvalue weighted by molar-refractivity contribution is 0.0827. The van der Waals surface area contributed by atoms with Gasteiger partial charge < -0.3 is 15.3 Å².